The highest BCUT2D eigenvalue weighted by molar-refractivity contribution is 5.66. The van der Waals surface area contributed by atoms with Crippen molar-refractivity contribution in [1.29, 1.82) is 0 Å². The number of carbonyl (C=O) groups is 1. The highest BCUT2D eigenvalue weighted by Crippen LogP contribution is 2.69. The van der Waals surface area contributed by atoms with Crippen molar-refractivity contribution in [2.45, 2.75) is 97.7 Å². The summed E-state index contributed by atoms with van der Waals surface area (Å²) in [6.07, 6.45) is 9.99. The Bertz CT molecular complexity index is 701. The summed E-state index contributed by atoms with van der Waals surface area (Å²) in [6, 6.07) is 0. The quantitative estimate of drug-likeness (QED) is 0.559. The van der Waals surface area contributed by atoms with E-state index in [9.17, 15) is 15.0 Å². The minimum absolute atomic E-state index is 0.180. The van der Waals surface area contributed by atoms with Crippen LogP contribution in [0.25, 0.3) is 0 Å². The van der Waals surface area contributed by atoms with Crippen LogP contribution < -0.4 is 0 Å². The molecule has 170 valence electrons. The number of aliphatic carboxylic acids is 1. The number of hydrogen-bond donors (Lipinski definition) is 3. The molecule has 4 heteroatoms. The van der Waals surface area contributed by atoms with E-state index in [4.69, 9.17) is 5.11 Å². The highest BCUT2D eigenvalue weighted by atomic mass is 16.4. The molecule has 0 aliphatic heterocycles. The van der Waals surface area contributed by atoms with Crippen molar-refractivity contribution in [3.63, 3.8) is 0 Å². The first-order valence-electron chi connectivity index (χ1n) is 12.4. The zero-order chi connectivity index (χ0) is 21.8. The molecule has 0 aromatic rings. The molecule has 4 saturated carbocycles. The maximum absolute atomic E-state index is 11.6. The van der Waals surface area contributed by atoms with E-state index in [1.165, 1.54) is 18.4 Å². The Labute approximate surface area is 182 Å². The smallest absolute Gasteiger partial charge is 0.303 e. The minimum Gasteiger partial charge on any atom is -0.481 e. The molecule has 0 bridgehead atoms. The second-order valence-corrected chi connectivity index (χ2v) is 11.6. The molecule has 0 spiro atoms. The molecule has 0 saturated heterocycles. The third-order valence-corrected chi connectivity index (χ3v) is 10.5. The van der Waals surface area contributed by atoms with Crippen LogP contribution >= 0.6 is 0 Å². The third kappa shape index (κ3) is 3.28. The van der Waals surface area contributed by atoms with Gasteiger partial charge in [-0.05, 0) is 110 Å². The van der Waals surface area contributed by atoms with Crippen molar-refractivity contribution in [1.82, 2.24) is 0 Å². The van der Waals surface area contributed by atoms with E-state index in [-0.39, 0.29) is 29.5 Å². The number of hydrogen-bond acceptors (Lipinski definition) is 3. The fraction of sp³-hybridized carbons (Fsp3) is 0.885. The summed E-state index contributed by atoms with van der Waals surface area (Å²) in [6.45, 7) is 9.21. The molecule has 0 aromatic carbocycles. The van der Waals surface area contributed by atoms with E-state index in [1.807, 2.05) is 0 Å². The lowest BCUT2D eigenvalue weighted by molar-refractivity contribution is -0.147. The van der Waals surface area contributed by atoms with Crippen LogP contribution in [0.5, 0.6) is 0 Å². The van der Waals surface area contributed by atoms with Gasteiger partial charge in [-0.3, -0.25) is 4.79 Å². The Morgan fingerprint density at radius 2 is 1.77 bits per heavy atom. The Balaban J connectivity index is 1.63. The summed E-state index contributed by atoms with van der Waals surface area (Å²) in [5.74, 6) is 1.94. The Morgan fingerprint density at radius 1 is 1.10 bits per heavy atom. The molecule has 4 aliphatic carbocycles. The van der Waals surface area contributed by atoms with Crippen LogP contribution in [0.15, 0.2) is 11.6 Å². The lowest BCUT2D eigenvalue weighted by atomic mass is 9.42. The van der Waals surface area contributed by atoms with Crippen LogP contribution in [-0.2, 0) is 4.79 Å². The molecule has 0 radical (unpaired) electrons. The molecule has 4 rings (SSSR count). The number of fused-ring (bicyclic) bond motifs is 5. The van der Waals surface area contributed by atoms with Crippen molar-refractivity contribution in [2.75, 3.05) is 0 Å². The molecule has 30 heavy (non-hydrogen) atoms. The predicted octanol–water partition coefficient (Wildman–Crippen LogP) is 5.03. The van der Waals surface area contributed by atoms with Gasteiger partial charge < -0.3 is 15.3 Å². The number of rotatable bonds is 4. The minimum atomic E-state index is -0.691. The van der Waals surface area contributed by atoms with Gasteiger partial charge in [0.15, 0.2) is 0 Å². The van der Waals surface area contributed by atoms with Crippen LogP contribution in [0, 0.1) is 46.3 Å². The molecular weight excluding hydrogens is 376 g/mol. The monoisotopic (exact) mass is 418 g/mol. The standard InChI is InChI=1S/C26H42O4/c1-5-17-21-14-16(27)10-12-26(21,4)20-11-13-25(3)18(15(2)6-9-22(28)29)7-8-19(25)23(20)24(17)30/h5,15-16,18-21,23-24,27,30H,6-14H2,1-4H3,(H,28,29)/b17-5+/t15-,16-,18?,19?,20?,21?,23?,24-,25-,26-/m1/s1. The van der Waals surface area contributed by atoms with E-state index in [1.54, 1.807) is 0 Å². The van der Waals surface area contributed by atoms with E-state index < -0.39 is 5.97 Å². The van der Waals surface area contributed by atoms with Gasteiger partial charge in [0, 0.05) is 6.42 Å². The topological polar surface area (TPSA) is 77.8 Å². The molecule has 0 amide bonds. The van der Waals surface area contributed by atoms with Gasteiger partial charge in [0.1, 0.15) is 0 Å². The maximum atomic E-state index is 11.6. The normalized spacial score (nSPS) is 50.5. The van der Waals surface area contributed by atoms with Crippen molar-refractivity contribution < 1.29 is 20.1 Å². The Hall–Kier alpha value is -0.870. The van der Waals surface area contributed by atoms with Gasteiger partial charge in [0.05, 0.1) is 12.2 Å². The average Bonchev–Trinajstić information content (AvgIpc) is 3.05. The zero-order valence-electron chi connectivity index (χ0n) is 19.3. The van der Waals surface area contributed by atoms with Gasteiger partial charge in [-0.1, -0.05) is 26.8 Å². The number of carboxylic acid groups (broad SMARTS) is 1. The average molecular weight is 419 g/mol. The van der Waals surface area contributed by atoms with Gasteiger partial charge in [-0.2, -0.15) is 0 Å². The Morgan fingerprint density at radius 3 is 2.43 bits per heavy atom. The van der Waals surface area contributed by atoms with E-state index in [2.05, 4.69) is 33.8 Å². The molecule has 4 fully saturated rings. The van der Waals surface area contributed by atoms with Gasteiger partial charge in [0.25, 0.3) is 0 Å². The summed E-state index contributed by atoms with van der Waals surface area (Å²) >= 11 is 0. The number of allylic oxidation sites excluding steroid dienone is 1. The second kappa shape index (κ2) is 7.92. The van der Waals surface area contributed by atoms with Crippen molar-refractivity contribution in [3.8, 4) is 0 Å². The van der Waals surface area contributed by atoms with E-state index >= 15 is 0 Å². The zero-order valence-corrected chi connectivity index (χ0v) is 19.3. The second-order valence-electron chi connectivity index (χ2n) is 11.6. The number of carboxylic acids is 1. The highest BCUT2D eigenvalue weighted by Gasteiger charge is 2.63. The van der Waals surface area contributed by atoms with Gasteiger partial charge in [0.2, 0.25) is 0 Å². The summed E-state index contributed by atoms with van der Waals surface area (Å²) in [5.41, 5.74) is 1.57. The van der Waals surface area contributed by atoms with Crippen molar-refractivity contribution >= 4 is 5.97 Å². The fourth-order valence-corrected chi connectivity index (χ4v) is 9.00. The number of aliphatic hydroxyl groups is 2. The molecule has 3 N–H and O–H groups in total. The van der Waals surface area contributed by atoms with Crippen LogP contribution in [0.2, 0.25) is 0 Å². The summed E-state index contributed by atoms with van der Waals surface area (Å²) in [4.78, 5) is 11.1. The predicted molar refractivity (Wildman–Crippen MR) is 118 cm³/mol. The van der Waals surface area contributed by atoms with E-state index in [0.717, 1.165) is 38.5 Å². The largest absolute Gasteiger partial charge is 0.481 e. The van der Waals surface area contributed by atoms with E-state index in [0.29, 0.717) is 35.5 Å². The molecule has 0 heterocycles. The van der Waals surface area contributed by atoms with Crippen LogP contribution in [0.3, 0.4) is 0 Å². The number of aliphatic hydroxyl groups excluding tert-OH is 2. The third-order valence-electron chi connectivity index (χ3n) is 10.5. The fourth-order valence-electron chi connectivity index (χ4n) is 9.00. The first-order chi connectivity index (χ1) is 14.1. The molecule has 0 aromatic heterocycles. The van der Waals surface area contributed by atoms with Crippen LogP contribution in [0.1, 0.15) is 85.5 Å². The lowest BCUT2D eigenvalue weighted by Gasteiger charge is -2.63. The molecule has 4 aliphatic rings. The molecular formula is C26H42O4. The van der Waals surface area contributed by atoms with Crippen LogP contribution in [-0.4, -0.2) is 33.5 Å². The lowest BCUT2D eigenvalue weighted by Crippen LogP contribution is -2.59. The van der Waals surface area contributed by atoms with Gasteiger partial charge in [-0.15, -0.1) is 0 Å². The first-order valence-corrected chi connectivity index (χ1v) is 12.4. The summed E-state index contributed by atoms with van der Waals surface area (Å²) < 4.78 is 0. The van der Waals surface area contributed by atoms with Crippen molar-refractivity contribution in [3.05, 3.63) is 11.6 Å². The first kappa shape index (κ1) is 22.3. The Kier molecular flexibility index (Phi) is 5.89. The SMILES string of the molecule is C/C=C1\C2C[C@H](O)CC[C@]2(C)C2CC[C@@]3(C)C(CCC3[C@H](C)CCC(=O)O)C2[C@@H]1O. The van der Waals surface area contributed by atoms with Gasteiger partial charge >= 0.3 is 5.97 Å². The molecule has 10 atom stereocenters. The van der Waals surface area contributed by atoms with Gasteiger partial charge in [-0.25, -0.2) is 0 Å². The molecule has 4 nitrogen and oxygen atoms in total. The summed E-state index contributed by atoms with van der Waals surface area (Å²) in [5, 5.41) is 31.2. The maximum Gasteiger partial charge on any atom is 0.303 e. The molecule has 5 unspecified atom stereocenters. The van der Waals surface area contributed by atoms with Crippen molar-refractivity contribution in [2.24, 2.45) is 46.3 Å². The van der Waals surface area contributed by atoms with Crippen LogP contribution in [0.4, 0.5) is 0 Å². The summed E-state index contributed by atoms with van der Waals surface area (Å²) in [7, 11) is 0.